The summed E-state index contributed by atoms with van der Waals surface area (Å²) in [4.78, 5) is 18.0. The maximum absolute atomic E-state index is 11.9. The number of hydrogen-bond donors (Lipinski definition) is 1. The number of aromatic nitrogens is 1. The Morgan fingerprint density at radius 2 is 1.94 bits per heavy atom. The third-order valence-electron chi connectivity index (χ3n) is 2.49. The first-order chi connectivity index (χ1) is 8.56. The van der Waals surface area contributed by atoms with Crippen LogP contribution in [0, 0.1) is 6.92 Å². The molecule has 0 aliphatic rings. The van der Waals surface area contributed by atoms with Gasteiger partial charge >= 0.3 is 0 Å². The zero-order valence-electron chi connectivity index (χ0n) is 10.6. The quantitative estimate of drug-likeness (QED) is 0.924. The van der Waals surface area contributed by atoms with Gasteiger partial charge in [0.2, 0.25) is 0 Å². The Labute approximate surface area is 110 Å². The second-order valence-corrected chi connectivity index (χ2v) is 5.21. The van der Waals surface area contributed by atoms with Crippen LogP contribution in [-0.2, 0) is 0 Å². The number of nitrogens with one attached hydrogen (secondary N) is 1. The van der Waals surface area contributed by atoms with Gasteiger partial charge in [-0.2, -0.15) is 0 Å². The SMILES string of the molecule is Cc1nc(C(=O)Nc2ccc(N(C)C)cc2)cs1. The molecule has 0 aliphatic carbocycles. The lowest BCUT2D eigenvalue weighted by atomic mass is 10.2. The molecule has 4 nitrogen and oxygen atoms in total. The van der Waals surface area contributed by atoms with Gasteiger partial charge in [0.1, 0.15) is 5.69 Å². The molecule has 0 saturated heterocycles. The number of thiazole rings is 1. The Balaban J connectivity index is 2.07. The van der Waals surface area contributed by atoms with E-state index in [1.807, 2.05) is 50.2 Å². The summed E-state index contributed by atoms with van der Waals surface area (Å²) in [5.41, 5.74) is 2.34. The highest BCUT2D eigenvalue weighted by molar-refractivity contribution is 7.09. The minimum atomic E-state index is -0.169. The molecule has 1 N–H and O–H groups in total. The van der Waals surface area contributed by atoms with Crippen LogP contribution in [0.5, 0.6) is 0 Å². The molecule has 0 atom stereocenters. The topological polar surface area (TPSA) is 45.2 Å². The lowest BCUT2D eigenvalue weighted by molar-refractivity contribution is 0.102. The molecule has 0 spiro atoms. The van der Waals surface area contributed by atoms with Crippen molar-refractivity contribution in [3.63, 3.8) is 0 Å². The number of amides is 1. The molecule has 2 aromatic rings. The van der Waals surface area contributed by atoms with Gasteiger partial charge in [0.15, 0.2) is 0 Å². The molecule has 94 valence electrons. The summed E-state index contributed by atoms with van der Waals surface area (Å²) in [6.45, 7) is 1.88. The number of rotatable bonds is 3. The molecule has 2 rings (SSSR count). The van der Waals surface area contributed by atoms with Crippen molar-refractivity contribution < 1.29 is 4.79 Å². The first-order valence-electron chi connectivity index (χ1n) is 5.57. The lowest BCUT2D eigenvalue weighted by Gasteiger charge is -2.12. The van der Waals surface area contributed by atoms with Crippen LogP contribution >= 0.6 is 11.3 Å². The Morgan fingerprint density at radius 3 is 2.44 bits per heavy atom. The van der Waals surface area contributed by atoms with Gasteiger partial charge in [-0.3, -0.25) is 4.79 Å². The molecule has 1 heterocycles. The molecule has 0 unspecified atom stereocenters. The monoisotopic (exact) mass is 261 g/mol. The summed E-state index contributed by atoms with van der Waals surface area (Å²) < 4.78 is 0. The highest BCUT2D eigenvalue weighted by Crippen LogP contribution is 2.17. The number of carbonyl (C=O) groups is 1. The van der Waals surface area contributed by atoms with E-state index in [2.05, 4.69) is 10.3 Å². The fourth-order valence-electron chi connectivity index (χ4n) is 1.51. The molecule has 1 aromatic carbocycles. The second kappa shape index (κ2) is 5.18. The molecule has 0 fully saturated rings. The van der Waals surface area contributed by atoms with Crippen molar-refractivity contribution in [3.05, 3.63) is 40.3 Å². The van der Waals surface area contributed by atoms with Crippen molar-refractivity contribution in [3.8, 4) is 0 Å². The summed E-state index contributed by atoms with van der Waals surface area (Å²) in [5.74, 6) is -0.169. The number of carbonyl (C=O) groups excluding carboxylic acids is 1. The van der Waals surface area contributed by atoms with Gasteiger partial charge in [-0.1, -0.05) is 0 Å². The van der Waals surface area contributed by atoms with Crippen LogP contribution in [-0.4, -0.2) is 25.0 Å². The molecular formula is C13H15N3OS. The average Bonchev–Trinajstić information content (AvgIpc) is 2.76. The van der Waals surface area contributed by atoms with Crippen LogP contribution in [0.2, 0.25) is 0 Å². The molecular weight excluding hydrogens is 246 g/mol. The fraction of sp³-hybridized carbons (Fsp3) is 0.231. The van der Waals surface area contributed by atoms with Gasteiger partial charge in [-0.25, -0.2) is 4.98 Å². The Bertz CT molecular complexity index is 546. The van der Waals surface area contributed by atoms with E-state index in [1.54, 1.807) is 5.38 Å². The molecule has 1 aromatic heterocycles. The first kappa shape index (κ1) is 12.6. The molecule has 18 heavy (non-hydrogen) atoms. The largest absolute Gasteiger partial charge is 0.378 e. The molecule has 1 amide bonds. The number of anilines is 2. The normalized spacial score (nSPS) is 10.2. The van der Waals surface area contributed by atoms with Crippen LogP contribution < -0.4 is 10.2 Å². The van der Waals surface area contributed by atoms with E-state index < -0.39 is 0 Å². The summed E-state index contributed by atoms with van der Waals surface area (Å²) in [5, 5.41) is 5.48. The van der Waals surface area contributed by atoms with Gasteiger partial charge in [-0.05, 0) is 31.2 Å². The van der Waals surface area contributed by atoms with Crippen molar-refractivity contribution in [2.75, 3.05) is 24.3 Å². The summed E-state index contributed by atoms with van der Waals surface area (Å²) in [6.07, 6.45) is 0. The van der Waals surface area contributed by atoms with Gasteiger partial charge in [0, 0.05) is 30.9 Å². The zero-order valence-corrected chi connectivity index (χ0v) is 11.4. The van der Waals surface area contributed by atoms with E-state index in [0.29, 0.717) is 5.69 Å². The van der Waals surface area contributed by atoms with Crippen LogP contribution in [0.15, 0.2) is 29.6 Å². The fourth-order valence-corrected chi connectivity index (χ4v) is 2.10. The van der Waals surface area contributed by atoms with Crippen LogP contribution in [0.3, 0.4) is 0 Å². The first-order valence-corrected chi connectivity index (χ1v) is 6.45. The minimum Gasteiger partial charge on any atom is -0.378 e. The maximum atomic E-state index is 11.9. The smallest absolute Gasteiger partial charge is 0.275 e. The average molecular weight is 261 g/mol. The van der Waals surface area contributed by atoms with E-state index in [4.69, 9.17) is 0 Å². The predicted molar refractivity (Wildman–Crippen MR) is 75.6 cm³/mol. The molecule has 0 bridgehead atoms. The van der Waals surface area contributed by atoms with E-state index in [9.17, 15) is 4.79 Å². The molecule has 0 aliphatic heterocycles. The van der Waals surface area contributed by atoms with E-state index in [-0.39, 0.29) is 5.91 Å². The number of nitrogens with zero attached hydrogens (tertiary/aromatic N) is 2. The van der Waals surface area contributed by atoms with Crippen LogP contribution in [0.1, 0.15) is 15.5 Å². The van der Waals surface area contributed by atoms with Gasteiger partial charge < -0.3 is 10.2 Å². The summed E-state index contributed by atoms with van der Waals surface area (Å²) in [7, 11) is 3.96. The Kier molecular flexibility index (Phi) is 3.62. The lowest BCUT2D eigenvalue weighted by Crippen LogP contribution is -2.13. The highest BCUT2D eigenvalue weighted by Gasteiger charge is 2.09. The second-order valence-electron chi connectivity index (χ2n) is 4.15. The van der Waals surface area contributed by atoms with Gasteiger partial charge in [0.25, 0.3) is 5.91 Å². The predicted octanol–water partition coefficient (Wildman–Crippen LogP) is 2.77. The van der Waals surface area contributed by atoms with Crippen molar-refractivity contribution in [1.29, 1.82) is 0 Å². The number of hydrogen-bond acceptors (Lipinski definition) is 4. The van der Waals surface area contributed by atoms with Gasteiger partial charge in [-0.15, -0.1) is 11.3 Å². The third-order valence-corrected chi connectivity index (χ3v) is 3.27. The summed E-state index contributed by atoms with van der Waals surface area (Å²) >= 11 is 1.47. The van der Waals surface area contributed by atoms with Crippen molar-refractivity contribution in [2.45, 2.75) is 6.92 Å². The molecule has 5 heteroatoms. The minimum absolute atomic E-state index is 0.169. The van der Waals surface area contributed by atoms with Crippen molar-refractivity contribution in [2.24, 2.45) is 0 Å². The van der Waals surface area contributed by atoms with Crippen molar-refractivity contribution in [1.82, 2.24) is 4.98 Å². The molecule has 0 radical (unpaired) electrons. The van der Waals surface area contributed by atoms with Gasteiger partial charge in [0.05, 0.1) is 5.01 Å². The van der Waals surface area contributed by atoms with Crippen LogP contribution in [0.4, 0.5) is 11.4 Å². The highest BCUT2D eigenvalue weighted by atomic mass is 32.1. The number of aryl methyl sites for hydroxylation is 1. The van der Waals surface area contributed by atoms with E-state index in [1.165, 1.54) is 11.3 Å². The maximum Gasteiger partial charge on any atom is 0.275 e. The van der Waals surface area contributed by atoms with E-state index >= 15 is 0 Å². The molecule has 0 saturated carbocycles. The standard InChI is InChI=1S/C13H15N3OS/c1-9-14-12(8-18-9)13(17)15-10-4-6-11(7-5-10)16(2)3/h4-8H,1-3H3,(H,15,17). The Morgan fingerprint density at radius 1 is 1.28 bits per heavy atom. The van der Waals surface area contributed by atoms with Crippen molar-refractivity contribution >= 4 is 28.6 Å². The summed E-state index contributed by atoms with van der Waals surface area (Å²) in [6, 6.07) is 7.68. The van der Waals surface area contributed by atoms with E-state index in [0.717, 1.165) is 16.4 Å². The van der Waals surface area contributed by atoms with Crippen LogP contribution in [0.25, 0.3) is 0 Å². The number of benzene rings is 1. The Hall–Kier alpha value is -1.88. The third kappa shape index (κ3) is 2.87. The zero-order chi connectivity index (χ0) is 13.1.